The third-order valence-corrected chi connectivity index (χ3v) is 3.36. The molecule has 0 amide bonds. The van der Waals surface area contributed by atoms with Crippen molar-refractivity contribution in [3.05, 3.63) is 69.9 Å². The van der Waals surface area contributed by atoms with Gasteiger partial charge in [0, 0.05) is 17.1 Å². The van der Waals surface area contributed by atoms with Gasteiger partial charge in [0.2, 0.25) is 0 Å². The second-order valence-corrected chi connectivity index (χ2v) is 5.20. The molecule has 0 fully saturated rings. The van der Waals surface area contributed by atoms with E-state index in [2.05, 4.69) is 40.3 Å². The quantitative estimate of drug-likeness (QED) is 0.880. The molecular weight excluding hydrogens is 293 g/mol. The van der Waals surface area contributed by atoms with Crippen molar-refractivity contribution in [3.63, 3.8) is 0 Å². The van der Waals surface area contributed by atoms with E-state index in [1.807, 2.05) is 24.3 Å². The monoisotopic (exact) mass is 307 g/mol. The third kappa shape index (κ3) is 3.65. The summed E-state index contributed by atoms with van der Waals surface area (Å²) in [5.41, 5.74) is 2.31. The number of hydrogen-bond acceptors (Lipinski definition) is 1. The van der Waals surface area contributed by atoms with Crippen molar-refractivity contribution in [1.82, 2.24) is 5.32 Å². The molecule has 0 saturated heterocycles. The molecule has 3 heteroatoms. The highest BCUT2D eigenvalue weighted by Gasteiger charge is 2.04. The number of rotatable bonds is 4. The van der Waals surface area contributed by atoms with E-state index in [0.29, 0.717) is 0 Å². The van der Waals surface area contributed by atoms with Crippen LogP contribution in [0.3, 0.4) is 0 Å². The zero-order chi connectivity index (χ0) is 13.0. The molecule has 0 aliphatic rings. The Morgan fingerprint density at radius 3 is 2.56 bits per heavy atom. The van der Waals surface area contributed by atoms with E-state index in [0.717, 1.165) is 16.6 Å². The molecule has 0 bridgehead atoms. The standard InChI is InChI=1S/C15H15BrFN/c1-11(13-5-7-15(17)8-6-13)18-10-12-3-2-4-14(16)9-12/h2-9,11,18H,10H2,1H3. The lowest BCUT2D eigenvalue weighted by atomic mass is 10.1. The lowest BCUT2D eigenvalue weighted by molar-refractivity contribution is 0.571. The number of halogens is 2. The highest BCUT2D eigenvalue weighted by atomic mass is 79.9. The van der Waals surface area contributed by atoms with E-state index < -0.39 is 0 Å². The van der Waals surface area contributed by atoms with Crippen LogP contribution in [0.1, 0.15) is 24.1 Å². The van der Waals surface area contributed by atoms with Crippen LogP contribution in [0.2, 0.25) is 0 Å². The van der Waals surface area contributed by atoms with Crippen LogP contribution < -0.4 is 5.32 Å². The van der Waals surface area contributed by atoms with E-state index in [1.165, 1.54) is 17.7 Å². The lowest BCUT2D eigenvalue weighted by Crippen LogP contribution is -2.18. The number of hydrogen-bond donors (Lipinski definition) is 1. The molecule has 94 valence electrons. The highest BCUT2D eigenvalue weighted by molar-refractivity contribution is 9.10. The van der Waals surface area contributed by atoms with Crippen LogP contribution in [0, 0.1) is 5.82 Å². The molecule has 1 nitrogen and oxygen atoms in total. The molecule has 2 rings (SSSR count). The largest absolute Gasteiger partial charge is 0.306 e. The maximum absolute atomic E-state index is 12.8. The molecule has 0 aliphatic carbocycles. The molecular formula is C15H15BrFN. The van der Waals surface area contributed by atoms with Gasteiger partial charge in [-0.15, -0.1) is 0 Å². The minimum atomic E-state index is -0.196. The first-order valence-corrected chi connectivity index (χ1v) is 6.68. The van der Waals surface area contributed by atoms with Gasteiger partial charge in [-0.25, -0.2) is 4.39 Å². The average molecular weight is 308 g/mol. The summed E-state index contributed by atoms with van der Waals surface area (Å²) in [6, 6.07) is 15.0. The van der Waals surface area contributed by atoms with E-state index in [1.54, 1.807) is 0 Å². The molecule has 0 heterocycles. The molecule has 0 spiro atoms. The van der Waals surface area contributed by atoms with Gasteiger partial charge in [-0.3, -0.25) is 0 Å². The van der Waals surface area contributed by atoms with Crippen LogP contribution >= 0.6 is 15.9 Å². The average Bonchev–Trinajstić information content (AvgIpc) is 2.37. The van der Waals surface area contributed by atoms with Gasteiger partial charge in [0.1, 0.15) is 5.82 Å². The summed E-state index contributed by atoms with van der Waals surface area (Å²) in [4.78, 5) is 0. The Hall–Kier alpha value is -1.19. The topological polar surface area (TPSA) is 12.0 Å². The zero-order valence-electron chi connectivity index (χ0n) is 10.2. The van der Waals surface area contributed by atoms with E-state index in [4.69, 9.17) is 0 Å². The number of nitrogens with one attached hydrogen (secondary N) is 1. The summed E-state index contributed by atoms with van der Waals surface area (Å²) < 4.78 is 13.9. The van der Waals surface area contributed by atoms with Gasteiger partial charge in [-0.05, 0) is 42.3 Å². The number of benzene rings is 2. The smallest absolute Gasteiger partial charge is 0.123 e. The van der Waals surface area contributed by atoms with Crippen LogP contribution in [0.15, 0.2) is 53.0 Å². The molecule has 0 aromatic heterocycles. The van der Waals surface area contributed by atoms with Crippen molar-refractivity contribution in [2.45, 2.75) is 19.5 Å². The van der Waals surface area contributed by atoms with E-state index in [-0.39, 0.29) is 11.9 Å². The second-order valence-electron chi connectivity index (χ2n) is 4.28. The van der Waals surface area contributed by atoms with Crippen LogP contribution in [0.25, 0.3) is 0 Å². The summed E-state index contributed by atoms with van der Waals surface area (Å²) in [6.07, 6.45) is 0. The molecule has 1 N–H and O–H groups in total. The van der Waals surface area contributed by atoms with Crippen molar-refractivity contribution >= 4 is 15.9 Å². The summed E-state index contributed by atoms with van der Waals surface area (Å²) in [6.45, 7) is 2.86. The second kappa shape index (κ2) is 6.12. The molecule has 0 aliphatic heterocycles. The van der Waals surface area contributed by atoms with Crippen molar-refractivity contribution < 1.29 is 4.39 Å². The Labute approximate surface area is 115 Å². The molecule has 1 atom stereocenters. The van der Waals surface area contributed by atoms with Crippen molar-refractivity contribution in [2.75, 3.05) is 0 Å². The van der Waals surface area contributed by atoms with Gasteiger partial charge in [0.25, 0.3) is 0 Å². The first kappa shape index (κ1) is 13.2. The maximum Gasteiger partial charge on any atom is 0.123 e. The Morgan fingerprint density at radius 1 is 1.17 bits per heavy atom. The summed E-state index contributed by atoms with van der Waals surface area (Å²) in [5.74, 6) is -0.196. The van der Waals surface area contributed by atoms with Gasteiger partial charge >= 0.3 is 0 Å². The zero-order valence-corrected chi connectivity index (χ0v) is 11.7. The van der Waals surface area contributed by atoms with Crippen LogP contribution in [0.4, 0.5) is 4.39 Å². The van der Waals surface area contributed by atoms with Crippen molar-refractivity contribution in [3.8, 4) is 0 Å². The normalized spacial score (nSPS) is 12.4. The molecule has 1 unspecified atom stereocenters. The first-order valence-electron chi connectivity index (χ1n) is 5.88. The van der Waals surface area contributed by atoms with Crippen LogP contribution in [-0.4, -0.2) is 0 Å². The fraction of sp³-hybridized carbons (Fsp3) is 0.200. The first-order chi connectivity index (χ1) is 8.65. The van der Waals surface area contributed by atoms with Gasteiger partial charge in [-0.1, -0.05) is 40.2 Å². The predicted molar refractivity (Wildman–Crippen MR) is 75.8 cm³/mol. The van der Waals surface area contributed by atoms with Crippen LogP contribution in [-0.2, 0) is 6.54 Å². The lowest BCUT2D eigenvalue weighted by Gasteiger charge is -2.14. The fourth-order valence-corrected chi connectivity index (χ4v) is 2.23. The van der Waals surface area contributed by atoms with Gasteiger partial charge in [-0.2, -0.15) is 0 Å². The van der Waals surface area contributed by atoms with Crippen LogP contribution in [0.5, 0.6) is 0 Å². The van der Waals surface area contributed by atoms with Gasteiger partial charge in [0.15, 0.2) is 0 Å². The minimum Gasteiger partial charge on any atom is -0.306 e. The summed E-state index contributed by atoms with van der Waals surface area (Å²) >= 11 is 3.45. The Morgan fingerprint density at radius 2 is 1.89 bits per heavy atom. The molecule has 2 aromatic carbocycles. The Kier molecular flexibility index (Phi) is 4.50. The molecule has 0 radical (unpaired) electrons. The van der Waals surface area contributed by atoms with Gasteiger partial charge in [0.05, 0.1) is 0 Å². The Bertz CT molecular complexity index is 510. The van der Waals surface area contributed by atoms with Crippen molar-refractivity contribution in [2.24, 2.45) is 0 Å². The van der Waals surface area contributed by atoms with E-state index in [9.17, 15) is 4.39 Å². The molecule has 18 heavy (non-hydrogen) atoms. The molecule has 0 saturated carbocycles. The summed E-state index contributed by atoms with van der Waals surface area (Å²) in [7, 11) is 0. The van der Waals surface area contributed by atoms with Gasteiger partial charge < -0.3 is 5.32 Å². The third-order valence-electron chi connectivity index (χ3n) is 2.87. The fourth-order valence-electron chi connectivity index (χ4n) is 1.79. The molecule has 2 aromatic rings. The van der Waals surface area contributed by atoms with E-state index >= 15 is 0 Å². The Balaban J connectivity index is 1.96. The SMILES string of the molecule is CC(NCc1cccc(Br)c1)c1ccc(F)cc1. The highest BCUT2D eigenvalue weighted by Crippen LogP contribution is 2.15. The minimum absolute atomic E-state index is 0.196. The maximum atomic E-state index is 12.8. The van der Waals surface area contributed by atoms with Crippen molar-refractivity contribution in [1.29, 1.82) is 0 Å². The predicted octanol–water partition coefficient (Wildman–Crippen LogP) is 4.44. The summed E-state index contributed by atoms with van der Waals surface area (Å²) in [5, 5.41) is 3.42.